The molecule has 0 atom stereocenters. The molecule has 2 N–H and O–H groups in total. The Kier molecular flexibility index (Phi) is 6.11. The molecule has 1 aliphatic rings. The second-order valence-corrected chi connectivity index (χ2v) is 7.13. The molecule has 0 saturated carbocycles. The Morgan fingerprint density at radius 3 is 2.50 bits per heavy atom. The van der Waals surface area contributed by atoms with Crippen LogP contribution < -0.4 is 5.73 Å². The first-order valence-corrected chi connectivity index (χ1v) is 8.79. The number of nitrogens with zero attached hydrogens (tertiary/aromatic N) is 1. The van der Waals surface area contributed by atoms with Crippen molar-refractivity contribution >= 4 is 7.85 Å². The second kappa shape index (κ2) is 7.65. The van der Waals surface area contributed by atoms with E-state index in [1.54, 1.807) is 0 Å². The molecule has 0 aromatic heterocycles. The fourth-order valence-electron chi connectivity index (χ4n) is 3.47. The van der Waals surface area contributed by atoms with E-state index >= 15 is 0 Å². The summed E-state index contributed by atoms with van der Waals surface area (Å²) in [5, 5.41) is 0. The van der Waals surface area contributed by atoms with Crippen molar-refractivity contribution in [3.05, 3.63) is 34.9 Å². The van der Waals surface area contributed by atoms with Gasteiger partial charge >= 0.3 is 0 Å². The van der Waals surface area contributed by atoms with E-state index in [9.17, 15) is 0 Å². The second-order valence-electron chi connectivity index (χ2n) is 7.13. The van der Waals surface area contributed by atoms with Gasteiger partial charge in [0.25, 0.3) is 0 Å². The lowest BCUT2D eigenvalue weighted by Gasteiger charge is -2.44. The van der Waals surface area contributed by atoms with Gasteiger partial charge in [-0.05, 0) is 55.2 Å². The first-order chi connectivity index (χ1) is 10.5. The predicted octanol–water partition coefficient (Wildman–Crippen LogP) is 3.12. The van der Waals surface area contributed by atoms with Gasteiger partial charge in [0, 0.05) is 25.2 Å². The Morgan fingerprint density at radius 1 is 1.27 bits per heavy atom. The summed E-state index contributed by atoms with van der Waals surface area (Å²) in [5.41, 5.74) is 10.7. The minimum atomic E-state index is 0.00472. The molecule has 0 bridgehead atoms. The Bertz CT molecular complexity index is 476. The summed E-state index contributed by atoms with van der Waals surface area (Å²) in [6.45, 7) is 10.1. The SMILES string of the molecule is [B]CCc1ccc(CC2CN(CC(N)(CC)CC)C2)c(C)c1. The third-order valence-electron chi connectivity index (χ3n) is 5.33. The van der Waals surface area contributed by atoms with E-state index in [0.717, 1.165) is 38.0 Å². The Balaban J connectivity index is 1.83. The topological polar surface area (TPSA) is 29.3 Å². The van der Waals surface area contributed by atoms with Gasteiger partial charge in [0.05, 0.1) is 7.85 Å². The average Bonchev–Trinajstić information content (AvgIpc) is 2.47. The standard InChI is InChI=1S/C19H31BN2/c1-4-19(21,5-2)14-22-12-17(13-22)11-18-7-6-16(8-9-20)10-15(18)3/h6-7,10,17H,4-5,8-9,11-14,21H2,1-3H3. The monoisotopic (exact) mass is 298 g/mol. The van der Waals surface area contributed by atoms with E-state index in [2.05, 4.69) is 43.9 Å². The molecule has 2 radical (unpaired) electrons. The number of nitrogens with two attached hydrogens (primary N) is 1. The zero-order valence-corrected chi connectivity index (χ0v) is 14.6. The fourth-order valence-corrected chi connectivity index (χ4v) is 3.47. The highest BCUT2D eigenvalue weighted by Gasteiger charge is 2.32. The maximum absolute atomic E-state index is 6.42. The molecule has 1 aromatic carbocycles. The van der Waals surface area contributed by atoms with Gasteiger partial charge in [-0.25, -0.2) is 0 Å². The van der Waals surface area contributed by atoms with Crippen LogP contribution in [-0.4, -0.2) is 37.9 Å². The third kappa shape index (κ3) is 4.36. The highest BCUT2D eigenvalue weighted by molar-refractivity contribution is 6.08. The number of likely N-dealkylation sites (tertiary alicyclic amines) is 1. The van der Waals surface area contributed by atoms with Gasteiger partial charge in [0.15, 0.2) is 0 Å². The van der Waals surface area contributed by atoms with Gasteiger partial charge < -0.3 is 10.6 Å². The number of benzene rings is 1. The van der Waals surface area contributed by atoms with Crippen molar-refractivity contribution in [1.29, 1.82) is 0 Å². The summed E-state index contributed by atoms with van der Waals surface area (Å²) in [6.07, 6.45) is 5.02. The maximum atomic E-state index is 6.42. The van der Waals surface area contributed by atoms with Gasteiger partial charge in [0.2, 0.25) is 0 Å². The van der Waals surface area contributed by atoms with Crippen LogP contribution in [0.3, 0.4) is 0 Å². The van der Waals surface area contributed by atoms with Crippen molar-refractivity contribution in [3.63, 3.8) is 0 Å². The molecule has 1 saturated heterocycles. The zero-order valence-electron chi connectivity index (χ0n) is 14.6. The third-order valence-corrected chi connectivity index (χ3v) is 5.33. The summed E-state index contributed by atoms with van der Waals surface area (Å²) in [5.74, 6) is 0.789. The summed E-state index contributed by atoms with van der Waals surface area (Å²) in [6, 6.07) is 6.84. The molecular weight excluding hydrogens is 267 g/mol. The van der Waals surface area contributed by atoms with Crippen LogP contribution in [0.25, 0.3) is 0 Å². The molecule has 0 spiro atoms. The van der Waals surface area contributed by atoms with E-state index in [1.165, 1.54) is 36.2 Å². The highest BCUT2D eigenvalue weighted by Crippen LogP contribution is 2.25. The number of rotatable bonds is 8. The number of aryl methyl sites for hydroxylation is 2. The molecule has 2 rings (SSSR count). The summed E-state index contributed by atoms with van der Waals surface area (Å²) >= 11 is 0. The van der Waals surface area contributed by atoms with Crippen LogP contribution in [0.15, 0.2) is 18.2 Å². The van der Waals surface area contributed by atoms with Crippen LogP contribution in [0.1, 0.15) is 43.4 Å². The van der Waals surface area contributed by atoms with Crippen molar-refractivity contribution in [2.24, 2.45) is 11.7 Å². The van der Waals surface area contributed by atoms with Crippen LogP contribution in [-0.2, 0) is 12.8 Å². The smallest absolute Gasteiger partial charge is 0.0657 e. The molecule has 1 heterocycles. The van der Waals surface area contributed by atoms with E-state index in [4.69, 9.17) is 13.6 Å². The lowest BCUT2D eigenvalue weighted by atomic mass is 9.86. The Labute approximate surface area is 137 Å². The molecule has 1 fully saturated rings. The average molecular weight is 298 g/mol. The summed E-state index contributed by atoms with van der Waals surface area (Å²) < 4.78 is 0. The highest BCUT2D eigenvalue weighted by atomic mass is 15.2. The Morgan fingerprint density at radius 2 is 1.95 bits per heavy atom. The van der Waals surface area contributed by atoms with Crippen molar-refractivity contribution in [2.45, 2.75) is 58.3 Å². The fraction of sp³-hybridized carbons (Fsp3) is 0.684. The Hall–Kier alpha value is -0.795. The number of hydrogen-bond acceptors (Lipinski definition) is 2. The van der Waals surface area contributed by atoms with Crippen LogP contribution >= 0.6 is 0 Å². The number of hydrogen-bond donors (Lipinski definition) is 1. The molecule has 0 unspecified atom stereocenters. The largest absolute Gasteiger partial charge is 0.324 e. The van der Waals surface area contributed by atoms with Crippen LogP contribution in [0.2, 0.25) is 6.32 Å². The van der Waals surface area contributed by atoms with Crippen LogP contribution in [0.5, 0.6) is 0 Å². The predicted molar refractivity (Wildman–Crippen MR) is 96.6 cm³/mol. The van der Waals surface area contributed by atoms with Crippen molar-refractivity contribution in [2.75, 3.05) is 19.6 Å². The van der Waals surface area contributed by atoms with Gasteiger partial charge in [-0.1, -0.05) is 38.4 Å². The maximum Gasteiger partial charge on any atom is 0.0657 e. The van der Waals surface area contributed by atoms with Gasteiger partial charge in [-0.3, -0.25) is 0 Å². The lowest BCUT2D eigenvalue weighted by Crippen LogP contribution is -2.57. The van der Waals surface area contributed by atoms with E-state index < -0.39 is 0 Å². The van der Waals surface area contributed by atoms with Crippen molar-refractivity contribution < 1.29 is 0 Å². The van der Waals surface area contributed by atoms with E-state index in [-0.39, 0.29) is 5.54 Å². The normalized spacial score (nSPS) is 16.7. The summed E-state index contributed by atoms with van der Waals surface area (Å²) in [4.78, 5) is 2.52. The molecule has 120 valence electrons. The molecule has 0 amide bonds. The van der Waals surface area contributed by atoms with Crippen molar-refractivity contribution in [3.8, 4) is 0 Å². The molecule has 3 heteroatoms. The lowest BCUT2D eigenvalue weighted by molar-refractivity contribution is 0.0705. The molecule has 22 heavy (non-hydrogen) atoms. The van der Waals surface area contributed by atoms with E-state index in [1.807, 2.05) is 0 Å². The van der Waals surface area contributed by atoms with Crippen LogP contribution in [0, 0.1) is 12.8 Å². The van der Waals surface area contributed by atoms with Crippen molar-refractivity contribution in [1.82, 2.24) is 4.90 Å². The van der Waals surface area contributed by atoms with Crippen LogP contribution in [0.4, 0.5) is 0 Å². The van der Waals surface area contributed by atoms with Gasteiger partial charge in [-0.2, -0.15) is 0 Å². The molecule has 0 aliphatic carbocycles. The molecule has 2 nitrogen and oxygen atoms in total. The molecule has 1 aliphatic heterocycles. The minimum Gasteiger partial charge on any atom is -0.324 e. The summed E-state index contributed by atoms with van der Waals surface area (Å²) in [7, 11) is 5.63. The van der Waals surface area contributed by atoms with Gasteiger partial charge in [0.1, 0.15) is 0 Å². The minimum absolute atomic E-state index is 0.00472. The zero-order chi connectivity index (χ0) is 16.2. The first-order valence-electron chi connectivity index (χ1n) is 8.79. The van der Waals surface area contributed by atoms with Gasteiger partial charge in [-0.15, -0.1) is 0 Å². The molecule has 1 aromatic rings. The quantitative estimate of drug-likeness (QED) is 0.747. The first kappa shape index (κ1) is 17.6. The van der Waals surface area contributed by atoms with E-state index in [0.29, 0.717) is 0 Å². The molecular formula is C19H31BN2.